The quantitative estimate of drug-likeness (QED) is 0.907. The number of carbonyl (C=O) groups excluding carboxylic acids is 1. The number of ether oxygens (including phenoxy) is 1. The fourth-order valence-corrected chi connectivity index (χ4v) is 1.88. The second-order valence-corrected chi connectivity index (χ2v) is 4.30. The smallest absolute Gasteiger partial charge is 0.261 e. The molecule has 1 amide bonds. The van der Waals surface area contributed by atoms with Crippen LogP contribution in [-0.4, -0.2) is 17.5 Å². The first-order valence-electron chi connectivity index (χ1n) is 6.72. The Kier molecular flexibility index (Phi) is 4.71. The van der Waals surface area contributed by atoms with Gasteiger partial charge in [-0.1, -0.05) is 19.1 Å². The number of aryl methyl sites for hydroxylation is 1. The van der Waals surface area contributed by atoms with Gasteiger partial charge in [-0.25, -0.2) is 4.98 Å². The highest BCUT2D eigenvalue weighted by atomic mass is 16.5. The number of rotatable bonds is 5. The molecule has 4 nitrogen and oxygen atoms in total. The molecule has 104 valence electrons. The number of anilines is 1. The molecule has 0 radical (unpaired) electrons. The molecule has 1 aromatic carbocycles. The summed E-state index contributed by atoms with van der Waals surface area (Å²) >= 11 is 0. The molecule has 0 aliphatic rings. The van der Waals surface area contributed by atoms with Crippen molar-refractivity contribution in [1.82, 2.24) is 4.98 Å². The third kappa shape index (κ3) is 3.35. The summed E-state index contributed by atoms with van der Waals surface area (Å²) in [4.78, 5) is 16.4. The third-order valence-corrected chi connectivity index (χ3v) is 2.89. The average Bonchev–Trinajstić information content (AvgIpc) is 2.48. The lowest BCUT2D eigenvalue weighted by Crippen LogP contribution is -2.14. The van der Waals surface area contributed by atoms with Crippen LogP contribution in [0.1, 0.15) is 29.8 Å². The van der Waals surface area contributed by atoms with Gasteiger partial charge in [0.05, 0.1) is 6.61 Å². The molecule has 1 N–H and O–H groups in total. The van der Waals surface area contributed by atoms with E-state index in [1.807, 2.05) is 31.2 Å². The molecule has 0 atom stereocenters. The van der Waals surface area contributed by atoms with E-state index in [1.54, 1.807) is 18.3 Å². The van der Waals surface area contributed by atoms with Gasteiger partial charge < -0.3 is 10.1 Å². The molecule has 0 spiro atoms. The molecule has 1 heterocycles. The Hall–Kier alpha value is -2.36. The van der Waals surface area contributed by atoms with E-state index < -0.39 is 0 Å². The van der Waals surface area contributed by atoms with Crippen LogP contribution in [0, 0.1) is 0 Å². The van der Waals surface area contributed by atoms with Crippen molar-refractivity contribution >= 4 is 11.6 Å². The monoisotopic (exact) mass is 270 g/mol. The number of hydrogen-bond acceptors (Lipinski definition) is 3. The fourth-order valence-electron chi connectivity index (χ4n) is 1.88. The van der Waals surface area contributed by atoms with Crippen molar-refractivity contribution in [2.24, 2.45) is 0 Å². The molecule has 0 bridgehead atoms. The number of pyridine rings is 1. The maximum atomic E-state index is 12.3. The Morgan fingerprint density at radius 3 is 2.85 bits per heavy atom. The zero-order valence-corrected chi connectivity index (χ0v) is 11.7. The normalized spacial score (nSPS) is 10.1. The highest BCUT2D eigenvalue weighted by molar-refractivity contribution is 6.05. The minimum absolute atomic E-state index is 0.213. The molecule has 0 aliphatic heterocycles. The van der Waals surface area contributed by atoms with Gasteiger partial charge in [-0.05, 0) is 43.2 Å². The molecular weight excluding hydrogens is 252 g/mol. The summed E-state index contributed by atoms with van der Waals surface area (Å²) in [6.07, 6.45) is 2.54. The van der Waals surface area contributed by atoms with Crippen molar-refractivity contribution in [3.05, 3.63) is 53.7 Å². The van der Waals surface area contributed by atoms with Crippen LogP contribution in [0.3, 0.4) is 0 Å². The van der Waals surface area contributed by atoms with E-state index in [9.17, 15) is 4.79 Å². The zero-order chi connectivity index (χ0) is 14.4. The minimum Gasteiger partial charge on any atom is -0.477 e. The molecule has 2 aromatic rings. The van der Waals surface area contributed by atoms with Gasteiger partial charge in [-0.15, -0.1) is 0 Å². The first kappa shape index (κ1) is 14.1. The van der Waals surface area contributed by atoms with Gasteiger partial charge in [0.2, 0.25) is 5.88 Å². The van der Waals surface area contributed by atoms with E-state index in [1.165, 1.54) is 5.56 Å². The number of nitrogens with one attached hydrogen (secondary N) is 1. The summed E-state index contributed by atoms with van der Waals surface area (Å²) in [7, 11) is 0. The summed E-state index contributed by atoms with van der Waals surface area (Å²) in [5, 5.41) is 2.87. The van der Waals surface area contributed by atoms with Crippen molar-refractivity contribution in [3.8, 4) is 5.88 Å². The number of nitrogens with zero attached hydrogens (tertiary/aromatic N) is 1. The Bertz CT molecular complexity index is 597. The Morgan fingerprint density at radius 2 is 2.10 bits per heavy atom. The van der Waals surface area contributed by atoms with E-state index >= 15 is 0 Å². The van der Waals surface area contributed by atoms with Gasteiger partial charge in [-0.3, -0.25) is 4.79 Å². The summed E-state index contributed by atoms with van der Waals surface area (Å²) < 4.78 is 5.37. The summed E-state index contributed by atoms with van der Waals surface area (Å²) in [6.45, 7) is 4.42. The van der Waals surface area contributed by atoms with Crippen molar-refractivity contribution < 1.29 is 9.53 Å². The highest BCUT2D eigenvalue weighted by Crippen LogP contribution is 2.17. The molecular formula is C16H18N2O2. The second-order valence-electron chi connectivity index (χ2n) is 4.30. The minimum atomic E-state index is -0.213. The van der Waals surface area contributed by atoms with Crippen molar-refractivity contribution in [1.29, 1.82) is 0 Å². The van der Waals surface area contributed by atoms with E-state index in [-0.39, 0.29) is 5.91 Å². The molecule has 0 saturated carbocycles. The molecule has 0 saturated heterocycles. The largest absolute Gasteiger partial charge is 0.477 e. The number of amides is 1. The van der Waals surface area contributed by atoms with E-state index in [0.29, 0.717) is 18.1 Å². The summed E-state index contributed by atoms with van der Waals surface area (Å²) in [5.41, 5.74) is 2.40. The van der Waals surface area contributed by atoms with Gasteiger partial charge in [0, 0.05) is 11.9 Å². The molecule has 0 unspecified atom stereocenters. The van der Waals surface area contributed by atoms with E-state index in [4.69, 9.17) is 4.74 Å². The Labute approximate surface area is 118 Å². The van der Waals surface area contributed by atoms with Crippen molar-refractivity contribution in [2.45, 2.75) is 20.3 Å². The van der Waals surface area contributed by atoms with Crippen LogP contribution in [0.4, 0.5) is 5.69 Å². The Morgan fingerprint density at radius 1 is 1.25 bits per heavy atom. The molecule has 2 rings (SSSR count). The van der Waals surface area contributed by atoms with Crippen LogP contribution in [0.2, 0.25) is 0 Å². The van der Waals surface area contributed by atoms with Crippen LogP contribution in [-0.2, 0) is 6.42 Å². The lowest BCUT2D eigenvalue weighted by Gasteiger charge is -2.10. The molecule has 20 heavy (non-hydrogen) atoms. The van der Waals surface area contributed by atoms with E-state index in [2.05, 4.69) is 17.2 Å². The second kappa shape index (κ2) is 6.70. The van der Waals surface area contributed by atoms with Gasteiger partial charge in [0.25, 0.3) is 5.91 Å². The zero-order valence-electron chi connectivity index (χ0n) is 11.7. The van der Waals surface area contributed by atoms with Crippen molar-refractivity contribution in [2.75, 3.05) is 11.9 Å². The lowest BCUT2D eigenvalue weighted by atomic mass is 10.1. The number of hydrogen-bond donors (Lipinski definition) is 1. The van der Waals surface area contributed by atoms with Crippen LogP contribution < -0.4 is 10.1 Å². The number of aromatic nitrogens is 1. The van der Waals surface area contributed by atoms with Crippen LogP contribution >= 0.6 is 0 Å². The van der Waals surface area contributed by atoms with Crippen LogP contribution in [0.15, 0.2) is 42.6 Å². The first-order valence-corrected chi connectivity index (χ1v) is 6.72. The predicted molar refractivity (Wildman–Crippen MR) is 79.2 cm³/mol. The van der Waals surface area contributed by atoms with Gasteiger partial charge in [-0.2, -0.15) is 0 Å². The van der Waals surface area contributed by atoms with Crippen LogP contribution in [0.25, 0.3) is 0 Å². The molecule has 1 aromatic heterocycles. The SMILES string of the molecule is CCOc1ncccc1C(=O)Nc1cccc(CC)c1. The highest BCUT2D eigenvalue weighted by Gasteiger charge is 2.13. The molecule has 4 heteroatoms. The maximum Gasteiger partial charge on any atom is 0.261 e. The number of benzene rings is 1. The van der Waals surface area contributed by atoms with Gasteiger partial charge in [0.15, 0.2) is 0 Å². The van der Waals surface area contributed by atoms with Crippen LogP contribution in [0.5, 0.6) is 5.88 Å². The van der Waals surface area contributed by atoms with Gasteiger partial charge >= 0.3 is 0 Å². The van der Waals surface area contributed by atoms with Crippen molar-refractivity contribution in [3.63, 3.8) is 0 Å². The summed E-state index contributed by atoms with van der Waals surface area (Å²) in [5.74, 6) is 0.147. The lowest BCUT2D eigenvalue weighted by molar-refractivity contribution is 0.102. The third-order valence-electron chi connectivity index (χ3n) is 2.89. The first-order chi connectivity index (χ1) is 9.74. The topological polar surface area (TPSA) is 51.2 Å². The molecule has 0 aliphatic carbocycles. The predicted octanol–water partition coefficient (Wildman–Crippen LogP) is 3.30. The Balaban J connectivity index is 2.19. The average molecular weight is 270 g/mol. The fraction of sp³-hybridized carbons (Fsp3) is 0.250. The maximum absolute atomic E-state index is 12.3. The number of carbonyl (C=O) groups is 1. The standard InChI is InChI=1S/C16H18N2O2/c1-3-12-7-5-8-13(11-12)18-15(19)14-9-6-10-17-16(14)20-4-2/h5-11H,3-4H2,1-2H3,(H,18,19). The van der Waals surface area contributed by atoms with Gasteiger partial charge in [0.1, 0.15) is 5.56 Å². The molecule has 0 fully saturated rings. The van der Waals surface area contributed by atoms with E-state index in [0.717, 1.165) is 12.1 Å². The summed E-state index contributed by atoms with van der Waals surface area (Å²) in [6, 6.07) is 11.2.